The van der Waals surface area contributed by atoms with Crippen LogP contribution in [0.1, 0.15) is 5.56 Å². The van der Waals surface area contributed by atoms with E-state index in [9.17, 15) is 0 Å². The van der Waals surface area contributed by atoms with Crippen LogP contribution in [0.3, 0.4) is 0 Å². The van der Waals surface area contributed by atoms with Crippen LogP contribution in [0.5, 0.6) is 0 Å². The molecule has 0 heterocycles. The molecule has 1 rings (SSSR count). The fraction of sp³-hybridized carbons (Fsp3) is 0.250. The molecule has 0 aliphatic rings. The highest BCUT2D eigenvalue weighted by Gasteiger charge is 2.05. The highest BCUT2D eigenvalue weighted by atomic mass is 79.9. The summed E-state index contributed by atoms with van der Waals surface area (Å²) in [5.74, 6) is 0. The molecule has 2 N–H and O–H groups in total. The van der Waals surface area contributed by atoms with Crippen molar-refractivity contribution in [2.75, 3.05) is 6.54 Å². The molecule has 12 heavy (non-hydrogen) atoms. The van der Waals surface area contributed by atoms with Gasteiger partial charge in [-0.05, 0) is 30.7 Å². The molecular formula is C8H8BrCl2N. The van der Waals surface area contributed by atoms with E-state index in [1.165, 1.54) is 0 Å². The maximum atomic E-state index is 5.94. The summed E-state index contributed by atoms with van der Waals surface area (Å²) in [4.78, 5) is 0. The van der Waals surface area contributed by atoms with Gasteiger partial charge in [0.2, 0.25) is 0 Å². The molecule has 0 saturated heterocycles. The van der Waals surface area contributed by atoms with Crippen molar-refractivity contribution in [1.29, 1.82) is 0 Å². The molecule has 0 fully saturated rings. The normalized spacial score (nSPS) is 10.3. The Morgan fingerprint density at radius 1 is 1.25 bits per heavy atom. The summed E-state index contributed by atoms with van der Waals surface area (Å²) in [5, 5.41) is 1.33. The second kappa shape index (κ2) is 4.47. The first-order valence-corrected chi connectivity index (χ1v) is 5.03. The van der Waals surface area contributed by atoms with Gasteiger partial charge >= 0.3 is 0 Å². The lowest BCUT2D eigenvalue weighted by atomic mass is 10.1. The van der Waals surface area contributed by atoms with Gasteiger partial charge in [-0.15, -0.1) is 0 Å². The third-order valence-corrected chi connectivity index (χ3v) is 2.63. The lowest BCUT2D eigenvalue weighted by Crippen LogP contribution is -2.03. The summed E-state index contributed by atoms with van der Waals surface area (Å²) in [6, 6.07) is 3.64. The fourth-order valence-corrected chi connectivity index (χ4v) is 2.35. The SMILES string of the molecule is NCCc1c(Cl)cc(Br)cc1Cl. The molecule has 0 aliphatic carbocycles. The molecule has 0 aliphatic heterocycles. The van der Waals surface area contributed by atoms with Gasteiger partial charge in [-0.2, -0.15) is 0 Å². The van der Waals surface area contributed by atoms with Gasteiger partial charge < -0.3 is 5.73 Å². The van der Waals surface area contributed by atoms with Crippen LogP contribution in [0, 0.1) is 0 Å². The Labute approximate surface area is 90.0 Å². The summed E-state index contributed by atoms with van der Waals surface area (Å²) in [7, 11) is 0. The minimum absolute atomic E-state index is 0.557. The predicted molar refractivity (Wildman–Crippen MR) is 56.9 cm³/mol. The molecule has 1 aromatic rings. The molecule has 0 aromatic heterocycles. The maximum absolute atomic E-state index is 5.94. The van der Waals surface area contributed by atoms with E-state index in [1.54, 1.807) is 0 Å². The summed E-state index contributed by atoms with van der Waals surface area (Å²) in [6.45, 7) is 0.557. The van der Waals surface area contributed by atoms with Crippen LogP contribution in [0.25, 0.3) is 0 Å². The summed E-state index contributed by atoms with van der Waals surface area (Å²) >= 11 is 15.2. The Morgan fingerprint density at radius 3 is 2.17 bits per heavy atom. The van der Waals surface area contributed by atoms with E-state index < -0.39 is 0 Å². The zero-order chi connectivity index (χ0) is 9.14. The van der Waals surface area contributed by atoms with E-state index in [2.05, 4.69) is 15.9 Å². The third kappa shape index (κ3) is 2.36. The molecule has 0 bridgehead atoms. The standard InChI is InChI=1S/C8H8BrCl2N/c9-5-3-7(10)6(1-2-12)8(11)4-5/h3-4H,1-2,12H2. The van der Waals surface area contributed by atoms with E-state index in [0.717, 1.165) is 10.0 Å². The average molecular weight is 269 g/mol. The van der Waals surface area contributed by atoms with Crippen LogP contribution in [0.4, 0.5) is 0 Å². The van der Waals surface area contributed by atoms with E-state index >= 15 is 0 Å². The third-order valence-electron chi connectivity index (χ3n) is 1.50. The lowest BCUT2D eigenvalue weighted by Gasteiger charge is -2.05. The first-order valence-electron chi connectivity index (χ1n) is 3.48. The second-order valence-corrected chi connectivity index (χ2v) is 4.12. The number of hydrogen-bond acceptors (Lipinski definition) is 1. The van der Waals surface area contributed by atoms with Crippen LogP contribution >= 0.6 is 39.1 Å². The van der Waals surface area contributed by atoms with Crippen molar-refractivity contribution in [1.82, 2.24) is 0 Å². The van der Waals surface area contributed by atoms with Crippen molar-refractivity contribution >= 4 is 39.1 Å². The number of hydrogen-bond donors (Lipinski definition) is 1. The zero-order valence-corrected chi connectivity index (χ0v) is 9.38. The molecule has 1 aromatic carbocycles. The molecule has 4 heteroatoms. The minimum Gasteiger partial charge on any atom is -0.330 e. The quantitative estimate of drug-likeness (QED) is 0.876. The number of halogens is 3. The van der Waals surface area contributed by atoms with E-state index in [1.807, 2.05) is 12.1 Å². The number of nitrogens with two attached hydrogens (primary N) is 1. The second-order valence-electron chi connectivity index (χ2n) is 2.39. The van der Waals surface area contributed by atoms with Gasteiger partial charge in [-0.3, -0.25) is 0 Å². The van der Waals surface area contributed by atoms with Gasteiger partial charge in [0.25, 0.3) is 0 Å². The average Bonchev–Trinajstić information content (AvgIpc) is 1.96. The van der Waals surface area contributed by atoms with E-state index in [4.69, 9.17) is 28.9 Å². The van der Waals surface area contributed by atoms with Crippen molar-refractivity contribution in [2.45, 2.75) is 6.42 Å². The van der Waals surface area contributed by atoms with Crippen LogP contribution in [0.15, 0.2) is 16.6 Å². The molecule has 1 nitrogen and oxygen atoms in total. The lowest BCUT2D eigenvalue weighted by molar-refractivity contribution is 0.969. The molecule has 66 valence electrons. The minimum atomic E-state index is 0.557. The van der Waals surface area contributed by atoms with Crippen LogP contribution < -0.4 is 5.73 Å². The first-order chi connectivity index (χ1) is 5.65. The molecule has 0 saturated carbocycles. The summed E-state index contributed by atoms with van der Waals surface area (Å²) in [6.07, 6.45) is 0.713. The van der Waals surface area contributed by atoms with Gasteiger partial charge in [0.1, 0.15) is 0 Å². The Morgan fingerprint density at radius 2 is 1.75 bits per heavy atom. The highest BCUT2D eigenvalue weighted by molar-refractivity contribution is 9.10. The van der Waals surface area contributed by atoms with E-state index in [-0.39, 0.29) is 0 Å². The molecule has 0 amide bonds. The summed E-state index contributed by atoms with van der Waals surface area (Å²) < 4.78 is 0.887. The van der Waals surface area contributed by atoms with Crippen molar-refractivity contribution in [3.8, 4) is 0 Å². The molecule has 0 spiro atoms. The Kier molecular flexibility index (Phi) is 3.84. The Hall–Kier alpha value is 0.240. The maximum Gasteiger partial charge on any atom is 0.0464 e. The predicted octanol–water partition coefficient (Wildman–Crippen LogP) is 3.26. The van der Waals surface area contributed by atoms with Gasteiger partial charge in [0.15, 0.2) is 0 Å². The number of benzene rings is 1. The highest BCUT2D eigenvalue weighted by Crippen LogP contribution is 2.29. The molecule has 0 unspecified atom stereocenters. The van der Waals surface area contributed by atoms with Crippen LogP contribution in [-0.2, 0) is 6.42 Å². The first kappa shape index (κ1) is 10.3. The largest absolute Gasteiger partial charge is 0.330 e. The van der Waals surface area contributed by atoms with Crippen molar-refractivity contribution in [2.24, 2.45) is 5.73 Å². The smallest absolute Gasteiger partial charge is 0.0464 e. The van der Waals surface area contributed by atoms with Gasteiger partial charge in [-0.25, -0.2) is 0 Å². The Balaban J connectivity index is 3.10. The Bertz CT molecular complexity index is 265. The van der Waals surface area contributed by atoms with Crippen molar-refractivity contribution in [3.05, 3.63) is 32.2 Å². The fourth-order valence-electron chi connectivity index (χ4n) is 0.955. The van der Waals surface area contributed by atoms with Gasteiger partial charge in [-0.1, -0.05) is 39.1 Å². The topological polar surface area (TPSA) is 26.0 Å². The van der Waals surface area contributed by atoms with Gasteiger partial charge in [0, 0.05) is 14.5 Å². The summed E-state index contributed by atoms with van der Waals surface area (Å²) in [5.41, 5.74) is 6.33. The van der Waals surface area contributed by atoms with Crippen molar-refractivity contribution < 1.29 is 0 Å². The monoisotopic (exact) mass is 267 g/mol. The number of rotatable bonds is 2. The molecular weight excluding hydrogens is 261 g/mol. The van der Waals surface area contributed by atoms with E-state index in [0.29, 0.717) is 23.0 Å². The molecule has 0 radical (unpaired) electrons. The molecule has 0 atom stereocenters. The van der Waals surface area contributed by atoms with Crippen LogP contribution in [0.2, 0.25) is 10.0 Å². The van der Waals surface area contributed by atoms with Crippen LogP contribution in [-0.4, -0.2) is 6.54 Å². The zero-order valence-electron chi connectivity index (χ0n) is 6.28. The van der Waals surface area contributed by atoms with Gasteiger partial charge in [0.05, 0.1) is 0 Å². The van der Waals surface area contributed by atoms with Crippen molar-refractivity contribution in [3.63, 3.8) is 0 Å².